The van der Waals surface area contributed by atoms with Gasteiger partial charge in [0.15, 0.2) is 0 Å². The molecule has 0 aliphatic rings. The van der Waals surface area contributed by atoms with Gasteiger partial charge < -0.3 is 10.4 Å². The summed E-state index contributed by atoms with van der Waals surface area (Å²) in [5.41, 5.74) is 1.63. The average molecular weight is 235 g/mol. The fourth-order valence-electron chi connectivity index (χ4n) is 1.47. The summed E-state index contributed by atoms with van der Waals surface area (Å²) < 4.78 is 0. The van der Waals surface area contributed by atoms with Crippen LogP contribution in [0.15, 0.2) is 24.3 Å². The van der Waals surface area contributed by atoms with E-state index >= 15 is 0 Å². The maximum absolute atomic E-state index is 11.7. The summed E-state index contributed by atoms with van der Waals surface area (Å²) in [4.78, 5) is 22.5. The molecule has 0 heterocycles. The molecule has 0 saturated heterocycles. The second kappa shape index (κ2) is 6.03. The van der Waals surface area contributed by atoms with Crippen LogP contribution in [0.25, 0.3) is 0 Å². The van der Waals surface area contributed by atoms with Crippen LogP contribution in [0.4, 0.5) is 0 Å². The Balaban J connectivity index is 2.72. The summed E-state index contributed by atoms with van der Waals surface area (Å²) in [5, 5.41) is 11.3. The van der Waals surface area contributed by atoms with E-state index in [-0.39, 0.29) is 5.91 Å². The van der Waals surface area contributed by atoms with E-state index in [1.54, 1.807) is 19.1 Å². The highest BCUT2D eigenvalue weighted by atomic mass is 16.4. The maximum Gasteiger partial charge on any atom is 0.326 e. The Morgan fingerprint density at radius 2 is 1.82 bits per heavy atom. The molecule has 0 fully saturated rings. The lowest BCUT2D eigenvalue weighted by Gasteiger charge is -2.12. The molecule has 4 heteroatoms. The van der Waals surface area contributed by atoms with Crippen LogP contribution in [-0.4, -0.2) is 23.0 Å². The Kier molecular flexibility index (Phi) is 4.69. The Morgan fingerprint density at radius 1 is 1.24 bits per heavy atom. The van der Waals surface area contributed by atoms with Gasteiger partial charge in [0, 0.05) is 5.56 Å². The van der Waals surface area contributed by atoms with Gasteiger partial charge in [0.2, 0.25) is 0 Å². The number of hydrogen-bond acceptors (Lipinski definition) is 2. The molecule has 4 nitrogen and oxygen atoms in total. The van der Waals surface area contributed by atoms with Crippen molar-refractivity contribution < 1.29 is 14.7 Å². The molecule has 0 aliphatic carbocycles. The number of carboxylic acid groups (broad SMARTS) is 1. The molecule has 1 rings (SSSR count). The Hall–Kier alpha value is -1.84. The summed E-state index contributed by atoms with van der Waals surface area (Å²) in [7, 11) is 0. The van der Waals surface area contributed by atoms with Crippen molar-refractivity contribution in [1.82, 2.24) is 5.32 Å². The molecule has 1 aromatic carbocycles. The molecule has 0 saturated carbocycles. The van der Waals surface area contributed by atoms with Gasteiger partial charge in [0.1, 0.15) is 6.04 Å². The molecule has 1 amide bonds. The number of aliphatic carboxylic acids is 1. The molecule has 17 heavy (non-hydrogen) atoms. The highest BCUT2D eigenvalue weighted by molar-refractivity contribution is 5.96. The van der Waals surface area contributed by atoms with Gasteiger partial charge in [-0.1, -0.05) is 26.0 Å². The smallest absolute Gasteiger partial charge is 0.326 e. The molecule has 92 valence electrons. The second-order valence-corrected chi connectivity index (χ2v) is 3.82. The highest BCUT2D eigenvalue weighted by Gasteiger charge is 2.18. The number of aryl methyl sites for hydroxylation is 1. The minimum atomic E-state index is -1.01. The minimum Gasteiger partial charge on any atom is -0.480 e. The van der Waals surface area contributed by atoms with Gasteiger partial charge in [-0.3, -0.25) is 4.79 Å². The largest absolute Gasteiger partial charge is 0.480 e. The number of benzene rings is 1. The van der Waals surface area contributed by atoms with Crippen LogP contribution >= 0.6 is 0 Å². The first kappa shape index (κ1) is 13.2. The summed E-state index contributed by atoms with van der Waals surface area (Å²) >= 11 is 0. The van der Waals surface area contributed by atoms with Crippen molar-refractivity contribution in [3.8, 4) is 0 Å². The number of carbonyl (C=O) groups excluding carboxylic acids is 1. The molecule has 2 N–H and O–H groups in total. The monoisotopic (exact) mass is 235 g/mol. The Morgan fingerprint density at radius 3 is 2.24 bits per heavy atom. The van der Waals surface area contributed by atoms with E-state index in [0.29, 0.717) is 12.0 Å². The third-order valence-electron chi connectivity index (χ3n) is 2.64. The van der Waals surface area contributed by atoms with E-state index in [1.807, 2.05) is 19.1 Å². The first-order chi connectivity index (χ1) is 8.08. The van der Waals surface area contributed by atoms with Crippen LogP contribution in [0, 0.1) is 0 Å². The minimum absolute atomic E-state index is 0.345. The second-order valence-electron chi connectivity index (χ2n) is 3.82. The van der Waals surface area contributed by atoms with Crippen molar-refractivity contribution in [2.24, 2.45) is 0 Å². The van der Waals surface area contributed by atoms with E-state index < -0.39 is 12.0 Å². The van der Waals surface area contributed by atoms with Crippen molar-refractivity contribution in [3.05, 3.63) is 35.4 Å². The maximum atomic E-state index is 11.7. The van der Waals surface area contributed by atoms with Crippen LogP contribution in [0.2, 0.25) is 0 Å². The zero-order valence-electron chi connectivity index (χ0n) is 10.1. The molecular weight excluding hydrogens is 218 g/mol. The summed E-state index contributed by atoms with van der Waals surface area (Å²) in [6.07, 6.45) is 1.28. The number of nitrogens with one attached hydrogen (secondary N) is 1. The standard InChI is InChI=1S/C13H17NO3/c1-3-9-5-7-10(8-6-9)12(15)14-11(4-2)13(16)17/h5-8,11H,3-4H2,1-2H3,(H,14,15)(H,16,17)/t11-/m0/s1. The molecule has 0 spiro atoms. The van der Waals surface area contributed by atoms with Crippen LogP contribution in [0.5, 0.6) is 0 Å². The predicted octanol–water partition coefficient (Wildman–Crippen LogP) is 1.84. The van der Waals surface area contributed by atoms with Crippen molar-refractivity contribution in [1.29, 1.82) is 0 Å². The van der Waals surface area contributed by atoms with Crippen molar-refractivity contribution in [2.75, 3.05) is 0 Å². The number of carboxylic acids is 1. The molecule has 1 aromatic rings. The molecule has 0 unspecified atom stereocenters. The van der Waals surface area contributed by atoms with E-state index in [0.717, 1.165) is 12.0 Å². The van der Waals surface area contributed by atoms with Gasteiger partial charge in [-0.2, -0.15) is 0 Å². The van der Waals surface area contributed by atoms with Crippen molar-refractivity contribution >= 4 is 11.9 Å². The van der Waals surface area contributed by atoms with Gasteiger partial charge >= 0.3 is 5.97 Å². The molecular formula is C13H17NO3. The summed E-state index contributed by atoms with van der Waals surface area (Å²) in [6.45, 7) is 3.76. The van der Waals surface area contributed by atoms with Gasteiger partial charge in [-0.25, -0.2) is 4.79 Å². The quantitative estimate of drug-likeness (QED) is 0.818. The third kappa shape index (κ3) is 3.59. The first-order valence-electron chi connectivity index (χ1n) is 5.71. The number of carbonyl (C=O) groups is 2. The molecule has 1 atom stereocenters. The average Bonchev–Trinajstić information content (AvgIpc) is 2.35. The molecule has 0 aromatic heterocycles. The Bertz CT molecular complexity index is 398. The van der Waals surface area contributed by atoms with Crippen LogP contribution in [-0.2, 0) is 11.2 Å². The van der Waals surface area contributed by atoms with Gasteiger partial charge in [-0.05, 0) is 30.5 Å². The fraction of sp³-hybridized carbons (Fsp3) is 0.385. The summed E-state index contributed by atoms with van der Waals surface area (Å²) in [6, 6.07) is 6.34. The normalized spacial score (nSPS) is 11.9. The van der Waals surface area contributed by atoms with Crippen LogP contribution in [0.3, 0.4) is 0 Å². The van der Waals surface area contributed by atoms with Crippen molar-refractivity contribution in [2.45, 2.75) is 32.7 Å². The summed E-state index contributed by atoms with van der Waals surface area (Å²) in [5.74, 6) is -1.35. The zero-order chi connectivity index (χ0) is 12.8. The van der Waals surface area contributed by atoms with Crippen molar-refractivity contribution in [3.63, 3.8) is 0 Å². The zero-order valence-corrected chi connectivity index (χ0v) is 10.1. The number of rotatable bonds is 5. The lowest BCUT2D eigenvalue weighted by atomic mass is 10.1. The lowest BCUT2D eigenvalue weighted by molar-refractivity contribution is -0.139. The van der Waals surface area contributed by atoms with E-state index in [1.165, 1.54) is 0 Å². The first-order valence-corrected chi connectivity index (χ1v) is 5.71. The van der Waals surface area contributed by atoms with Gasteiger partial charge in [0.25, 0.3) is 5.91 Å². The van der Waals surface area contributed by atoms with Crippen LogP contribution in [0.1, 0.15) is 36.2 Å². The molecule has 0 aliphatic heterocycles. The van der Waals surface area contributed by atoms with Gasteiger partial charge in [-0.15, -0.1) is 0 Å². The Labute approximate surface area is 101 Å². The lowest BCUT2D eigenvalue weighted by Crippen LogP contribution is -2.40. The predicted molar refractivity (Wildman–Crippen MR) is 65.0 cm³/mol. The topological polar surface area (TPSA) is 66.4 Å². The fourth-order valence-corrected chi connectivity index (χ4v) is 1.47. The molecule has 0 bridgehead atoms. The van der Waals surface area contributed by atoms with E-state index in [2.05, 4.69) is 5.32 Å². The number of hydrogen-bond donors (Lipinski definition) is 2. The number of amides is 1. The SMILES string of the molecule is CCc1ccc(C(=O)N[C@@H](CC)C(=O)O)cc1. The third-order valence-corrected chi connectivity index (χ3v) is 2.64. The van der Waals surface area contributed by atoms with E-state index in [4.69, 9.17) is 5.11 Å². The van der Waals surface area contributed by atoms with E-state index in [9.17, 15) is 9.59 Å². The van der Waals surface area contributed by atoms with Gasteiger partial charge in [0.05, 0.1) is 0 Å². The molecule has 0 radical (unpaired) electrons. The van der Waals surface area contributed by atoms with Crippen LogP contribution < -0.4 is 5.32 Å². The highest BCUT2D eigenvalue weighted by Crippen LogP contribution is 2.05.